The Morgan fingerprint density at radius 2 is 1.45 bits per heavy atom. The smallest absolute Gasteiger partial charge is 0.167 e. The lowest BCUT2D eigenvalue weighted by Crippen LogP contribution is -1.91. The van der Waals surface area contributed by atoms with Gasteiger partial charge >= 0.3 is 0 Å². The molecule has 0 bridgehead atoms. The Bertz CT molecular complexity index is 1520. The summed E-state index contributed by atoms with van der Waals surface area (Å²) in [5.74, 6) is 0.707. The zero-order valence-electron chi connectivity index (χ0n) is 15.3. The highest BCUT2D eigenvalue weighted by Crippen LogP contribution is 2.28. The largest absolute Gasteiger partial charge is 0.356 e. The van der Waals surface area contributed by atoms with Crippen molar-refractivity contribution in [2.24, 2.45) is 0 Å². The van der Waals surface area contributed by atoms with Crippen LogP contribution in [0, 0.1) is 0 Å². The van der Waals surface area contributed by atoms with Crippen molar-refractivity contribution in [2.75, 3.05) is 0 Å². The molecular weight excluding hydrogens is 360 g/mol. The summed E-state index contributed by atoms with van der Waals surface area (Å²) in [4.78, 5) is 13.6. The first-order valence-corrected chi connectivity index (χ1v) is 9.29. The lowest BCUT2D eigenvalue weighted by molar-refractivity contribution is 0.456. The van der Waals surface area contributed by atoms with Crippen LogP contribution in [0.15, 0.2) is 90.0 Å². The van der Waals surface area contributed by atoms with Crippen molar-refractivity contribution < 1.29 is 4.52 Å². The Hall–Kier alpha value is -4.12. The number of pyridine rings is 1. The van der Waals surface area contributed by atoms with Crippen molar-refractivity contribution in [3.8, 4) is 22.5 Å². The van der Waals surface area contributed by atoms with Crippen molar-refractivity contribution in [1.82, 2.24) is 20.1 Å². The predicted octanol–water partition coefficient (Wildman–Crippen LogP) is 5.65. The fraction of sp³-hybridized carbons (Fsp3) is 0. The Labute approximate surface area is 165 Å². The van der Waals surface area contributed by atoms with Crippen LogP contribution in [0.25, 0.3) is 55.2 Å². The molecule has 136 valence electrons. The fourth-order valence-electron chi connectivity index (χ4n) is 3.62. The summed E-state index contributed by atoms with van der Waals surface area (Å²) in [6, 6.07) is 20.5. The number of rotatable bonds is 2. The summed E-state index contributed by atoms with van der Waals surface area (Å²) in [7, 11) is 0. The molecular formula is C24H14N4O. The first-order valence-electron chi connectivity index (χ1n) is 9.29. The monoisotopic (exact) mass is 374 g/mol. The zero-order chi connectivity index (χ0) is 19.2. The third-order valence-corrected chi connectivity index (χ3v) is 5.17. The lowest BCUT2D eigenvalue weighted by Gasteiger charge is -2.06. The molecule has 0 atom stereocenters. The van der Waals surface area contributed by atoms with E-state index in [9.17, 15) is 0 Å². The number of aromatic nitrogens is 4. The minimum Gasteiger partial charge on any atom is -0.356 e. The zero-order valence-corrected chi connectivity index (χ0v) is 15.3. The van der Waals surface area contributed by atoms with E-state index in [1.54, 1.807) is 12.4 Å². The van der Waals surface area contributed by atoms with Crippen LogP contribution in [-0.4, -0.2) is 20.1 Å². The van der Waals surface area contributed by atoms with Crippen molar-refractivity contribution in [2.45, 2.75) is 0 Å². The van der Waals surface area contributed by atoms with Crippen LogP contribution >= 0.6 is 0 Å². The van der Waals surface area contributed by atoms with E-state index in [1.807, 2.05) is 42.7 Å². The van der Waals surface area contributed by atoms with E-state index >= 15 is 0 Å². The average molecular weight is 374 g/mol. The van der Waals surface area contributed by atoms with Gasteiger partial charge < -0.3 is 4.52 Å². The third-order valence-electron chi connectivity index (χ3n) is 5.17. The van der Waals surface area contributed by atoms with Crippen LogP contribution in [0.4, 0.5) is 0 Å². The molecule has 3 aromatic carbocycles. The van der Waals surface area contributed by atoms with Crippen LogP contribution in [-0.2, 0) is 0 Å². The third kappa shape index (κ3) is 2.72. The van der Waals surface area contributed by atoms with Crippen LogP contribution in [0.2, 0.25) is 0 Å². The van der Waals surface area contributed by atoms with E-state index in [0.717, 1.165) is 49.3 Å². The normalized spacial score (nSPS) is 11.4. The number of fused-ring (bicyclic) bond motifs is 3. The van der Waals surface area contributed by atoms with Gasteiger partial charge in [-0.3, -0.25) is 4.98 Å². The molecule has 0 unspecified atom stereocenters. The highest BCUT2D eigenvalue weighted by molar-refractivity contribution is 5.89. The molecule has 0 aliphatic rings. The van der Waals surface area contributed by atoms with Crippen LogP contribution in [0.5, 0.6) is 0 Å². The van der Waals surface area contributed by atoms with Crippen molar-refractivity contribution in [3.05, 3.63) is 85.5 Å². The van der Waals surface area contributed by atoms with E-state index in [4.69, 9.17) is 9.51 Å². The summed E-state index contributed by atoms with van der Waals surface area (Å²) < 4.78 is 5.28. The molecule has 5 heteroatoms. The molecule has 0 radical (unpaired) electrons. The topological polar surface area (TPSA) is 64.7 Å². The summed E-state index contributed by atoms with van der Waals surface area (Å²) in [5.41, 5.74) is 4.82. The summed E-state index contributed by atoms with van der Waals surface area (Å²) in [6.45, 7) is 0. The maximum absolute atomic E-state index is 5.28. The van der Waals surface area contributed by atoms with Gasteiger partial charge in [0, 0.05) is 40.3 Å². The Morgan fingerprint density at radius 1 is 0.621 bits per heavy atom. The minimum atomic E-state index is 0.707. The number of nitrogens with zero attached hydrogens (tertiary/aromatic N) is 4. The second-order valence-corrected chi connectivity index (χ2v) is 6.98. The van der Waals surface area contributed by atoms with Gasteiger partial charge in [0.15, 0.2) is 11.4 Å². The lowest BCUT2D eigenvalue weighted by atomic mass is 10.0. The van der Waals surface area contributed by atoms with Gasteiger partial charge in [0.05, 0.1) is 11.7 Å². The summed E-state index contributed by atoms with van der Waals surface area (Å²) in [6.07, 6.45) is 7.25. The van der Waals surface area contributed by atoms with Gasteiger partial charge in [-0.15, -0.1) is 0 Å². The molecule has 0 N–H and O–H groups in total. The van der Waals surface area contributed by atoms with Gasteiger partial charge in [-0.25, -0.2) is 9.97 Å². The fourth-order valence-corrected chi connectivity index (χ4v) is 3.62. The quantitative estimate of drug-likeness (QED) is 0.392. The van der Waals surface area contributed by atoms with Crippen LogP contribution in [0.3, 0.4) is 0 Å². The van der Waals surface area contributed by atoms with E-state index < -0.39 is 0 Å². The van der Waals surface area contributed by atoms with Crippen molar-refractivity contribution in [3.63, 3.8) is 0 Å². The number of hydrogen-bond donors (Lipinski definition) is 0. The summed E-state index contributed by atoms with van der Waals surface area (Å²) >= 11 is 0. The van der Waals surface area contributed by atoms with Gasteiger partial charge in [0.2, 0.25) is 0 Å². The van der Waals surface area contributed by atoms with Gasteiger partial charge in [0.25, 0.3) is 0 Å². The first-order chi connectivity index (χ1) is 14.3. The maximum Gasteiger partial charge on any atom is 0.167 e. The Kier molecular flexibility index (Phi) is 3.40. The molecule has 0 aliphatic heterocycles. The first kappa shape index (κ1) is 15.9. The second kappa shape index (κ2) is 6.21. The average Bonchev–Trinajstić information content (AvgIpc) is 3.26. The molecule has 0 saturated heterocycles. The highest BCUT2D eigenvalue weighted by Gasteiger charge is 2.07. The molecule has 3 heterocycles. The molecule has 0 saturated carbocycles. The minimum absolute atomic E-state index is 0.707. The molecule has 5 nitrogen and oxygen atoms in total. The Balaban J connectivity index is 1.42. The molecule has 0 aliphatic carbocycles. The standard InChI is InChI=1S/C24H14N4O/c1-3-18(10-20-12-25-8-7-15(1)20)24-26-13-21-9-16(5-6-22(21)28-24)17-2-4-19-14-27-29-23(19)11-17/h1-14H. The second-order valence-electron chi connectivity index (χ2n) is 6.98. The molecule has 29 heavy (non-hydrogen) atoms. The number of benzene rings is 3. The van der Waals surface area contributed by atoms with Crippen LogP contribution in [0.1, 0.15) is 0 Å². The van der Waals surface area contributed by atoms with E-state index in [-0.39, 0.29) is 0 Å². The van der Waals surface area contributed by atoms with E-state index in [0.29, 0.717) is 5.82 Å². The molecule has 6 rings (SSSR count). The molecule has 0 spiro atoms. The summed E-state index contributed by atoms with van der Waals surface area (Å²) in [5, 5.41) is 8.06. The Morgan fingerprint density at radius 3 is 2.45 bits per heavy atom. The molecule has 0 amide bonds. The van der Waals surface area contributed by atoms with Gasteiger partial charge in [-0.1, -0.05) is 29.4 Å². The SMILES string of the molecule is c1cc2ccc(-c3ncc4cc(-c5ccc6cnoc6c5)ccc4n3)cc2cn1. The van der Waals surface area contributed by atoms with Gasteiger partial charge in [-0.2, -0.15) is 0 Å². The maximum atomic E-state index is 5.28. The van der Waals surface area contributed by atoms with Gasteiger partial charge in [0.1, 0.15) is 0 Å². The van der Waals surface area contributed by atoms with Crippen LogP contribution < -0.4 is 0 Å². The molecule has 3 aromatic heterocycles. The molecule has 0 fully saturated rings. The highest BCUT2D eigenvalue weighted by atomic mass is 16.5. The van der Waals surface area contributed by atoms with Crippen molar-refractivity contribution in [1.29, 1.82) is 0 Å². The predicted molar refractivity (Wildman–Crippen MR) is 113 cm³/mol. The van der Waals surface area contributed by atoms with Crippen molar-refractivity contribution >= 4 is 32.6 Å². The van der Waals surface area contributed by atoms with Gasteiger partial charge in [-0.05, 0) is 52.9 Å². The van der Waals surface area contributed by atoms with E-state index in [1.165, 1.54) is 0 Å². The number of hydrogen-bond acceptors (Lipinski definition) is 5. The molecule has 6 aromatic rings. The van der Waals surface area contributed by atoms with E-state index in [2.05, 4.69) is 45.5 Å².